The number of aromatic hydroxyl groups is 1. The van der Waals surface area contributed by atoms with Crippen LogP contribution in [0.25, 0.3) is 0 Å². The van der Waals surface area contributed by atoms with E-state index in [-0.39, 0.29) is 5.92 Å². The Morgan fingerprint density at radius 3 is 2.61 bits per heavy atom. The predicted molar refractivity (Wildman–Crippen MR) is 96.0 cm³/mol. The summed E-state index contributed by atoms with van der Waals surface area (Å²) >= 11 is 0. The van der Waals surface area contributed by atoms with Crippen LogP contribution in [0.15, 0.2) is 48.5 Å². The third kappa shape index (κ3) is 3.59. The highest BCUT2D eigenvalue weighted by Crippen LogP contribution is 2.37. The lowest BCUT2D eigenvalue weighted by Crippen LogP contribution is -2.27. The van der Waals surface area contributed by atoms with Crippen LogP contribution in [-0.2, 0) is 6.42 Å². The minimum atomic E-state index is 0.258. The lowest BCUT2D eigenvalue weighted by atomic mass is 9.84. The molecule has 2 heteroatoms. The van der Waals surface area contributed by atoms with Gasteiger partial charge < -0.3 is 10.0 Å². The molecule has 0 amide bonds. The fraction of sp³-hybridized carbons (Fsp3) is 0.429. The second-order valence-electron chi connectivity index (χ2n) is 6.72. The number of rotatable bonds is 5. The van der Waals surface area contributed by atoms with E-state index in [9.17, 15) is 5.11 Å². The first-order chi connectivity index (χ1) is 11.2. The SMILES string of the molecule is CCc1ccc(O)c(C(CC2CCCN2C)c2ccccc2)c1. The molecular weight excluding hydrogens is 282 g/mol. The van der Waals surface area contributed by atoms with Gasteiger partial charge in [0.15, 0.2) is 0 Å². The quantitative estimate of drug-likeness (QED) is 0.874. The van der Waals surface area contributed by atoms with Crippen LogP contribution in [0, 0.1) is 0 Å². The van der Waals surface area contributed by atoms with Crippen LogP contribution >= 0.6 is 0 Å². The van der Waals surface area contributed by atoms with E-state index in [1.165, 1.54) is 30.5 Å². The van der Waals surface area contributed by atoms with E-state index in [0.29, 0.717) is 11.8 Å². The Labute approximate surface area is 139 Å². The molecule has 2 atom stereocenters. The van der Waals surface area contributed by atoms with Crippen molar-refractivity contribution in [3.8, 4) is 5.75 Å². The van der Waals surface area contributed by atoms with Gasteiger partial charge in [-0.1, -0.05) is 49.4 Å². The monoisotopic (exact) mass is 309 g/mol. The van der Waals surface area contributed by atoms with Crippen LogP contribution in [0.1, 0.15) is 48.8 Å². The van der Waals surface area contributed by atoms with E-state index in [4.69, 9.17) is 0 Å². The van der Waals surface area contributed by atoms with Crippen LogP contribution in [-0.4, -0.2) is 29.6 Å². The van der Waals surface area contributed by atoms with E-state index in [1.54, 1.807) is 0 Å². The van der Waals surface area contributed by atoms with Gasteiger partial charge in [-0.05, 0) is 56.5 Å². The van der Waals surface area contributed by atoms with Crippen molar-refractivity contribution in [2.24, 2.45) is 0 Å². The third-order valence-electron chi connectivity index (χ3n) is 5.26. The van der Waals surface area contributed by atoms with Crippen LogP contribution < -0.4 is 0 Å². The van der Waals surface area contributed by atoms with Gasteiger partial charge >= 0.3 is 0 Å². The summed E-state index contributed by atoms with van der Waals surface area (Å²) in [7, 11) is 2.22. The van der Waals surface area contributed by atoms with Gasteiger partial charge in [0, 0.05) is 17.5 Å². The molecule has 2 unspecified atom stereocenters. The average molecular weight is 309 g/mol. The Balaban J connectivity index is 1.98. The molecule has 0 spiro atoms. The Morgan fingerprint density at radius 2 is 1.96 bits per heavy atom. The maximum absolute atomic E-state index is 10.5. The number of aryl methyl sites for hydroxylation is 1. The summed E-state index contributed by atoms with van der Waals surface area (Å²) in [6.45, 7) is 3.35. The third-order valence-corrected chi connectivity index (χ3v) is 5.26. The first kappa shape index (κ1) is 16.1. The van der Waals surface area contributed by atoms with Gasteiger partial charge in [-0.15, -0.1) is 0 Å². The second kappa shape index (κ2) is 7.18. The normalized spacial score (nSPS) is 19.8. The Hall–Kier alpha value is -1.80. The van der Waals surface area contributed by atoms with Crippen molar-refractivity contribution in [3.63, 3.8) is 0 Å². The van der Waals surface area contributed by atoms with Crippen LogP contribution in [0.5, 0.6) is 5.75 Å². The molecule has 1 aliphatic heterocycles. The van der Waals surface area contributed by atoms with Crippen molar-refractivity contribution >= 4 is 0 Å². The molecule has 2 nitrogen and oxygen atoms in total. The number of hydrogen-bond donors (Lipinski definition) is 1. The molecular formula is C21H27NO. The first-order valence-corrected chi connectivity index (χ1v) is 8.76. The Morgan fingerprint density at radius 1 is 1.17 bits per heavy atom. The molecule has 122 valence electrons. The molecule has 0 saturated carbocycles. The highest BCUT2D eigenvalue weighted by molar-refractivity contribution is 5.44. The molecule has 1 aliphatic rings. The Kier molecular flexibility index (Phi) is 5.02. The number of benzene rings is 2. The largest absolute Gasteiger partial charge is 0.508 e. The molecule has 0 radical (unpaired) electrons. The van der Waals surface area contributed by atoms with Crippen molar-refractivity contribution in [3.05, 3.63) is 65.2 Å². The van der Waals surface area contributed by atoms with Gasteiger partial charge in [0.1, 0.15) is 5.75 Å². The summed E-state index contributed by atoms with van der Waals surface area (Å²) < 4.78 is 0. The highest BCUT2D eigenvalue weighted by Gasteiger charge is 2.27. The van der Waals surface area contributed by atoms with E-state index in [0.717, 1.165) is 18.4 Å². The number of phenols is 1. The predicted octanol–water partition coefficient (Wildman–Crippen LogP) is 4.57. The summed E-state index contributed by atoms with van der Waals surface area (Å²) in [4.78, 5) is 2.47. The molecule has 2 aromatic carbocycles. The standard InChI is InChI=1S/C21H27NO/c1-3-16-11-12-21(23)20(14-16)19(17-8-5-4-6-9-17)15-18-10-7-13-22(18)2/h4-6,8-9,11-12,14,18-19,23H,3,7,10,13,15H2,1-2H3. The number of hydrogen-bond acceptors (Lipinski definition) is 2. The van der Waals surface area contributed by atoms with Crippen molar-refractivity contribution in [2.75, 3.05) is 13.6 Å². The molecule has 0 aliphatic carbocycles. The van der Waals surface area contributed by atoms with Gasteiger partial charge in [0.05, 0.1) is 0 Å². The summed E-state index contributed by atoms with van der Waals surface area (Å²) in [5.74, 6) is 0.685. The lowest BCUT2D eigenvalue weighted by Gasteiger charge is -2.27. The maximum atomic E-state index is 10.5. The highest BCUT2D eigenvalue weighted by atomic mass is 16.3. The summed E-state index contributed by atoms with van der Waals surface area (Å²) in [5, 5.41) is 10.5. The molecule has 23 heavy (non-hydrogen) atoms. The fourth-order valence-corrected chi connectivity index (χ4v) is 3.78. The van der Waals surface area contributed by atoms with Crippen molar-refractivity contribution in [1.82, 2.24) is 4.90 Å². The first-order valence-electron chi connectivity index (χ1n) is 8.76. The van der Waals surface area contributed by atoms with E-state index in [1.807, 2.05) is 12.1 Å². The molecule has 1 heterocycles. The maximum Gasteiger partial charge on any atom is 0.119 e. The molecule has 1 N–H and O–H groups in total. The molecule has 0 aromatic heterocycles. The number of phenolic OH excluding ortho intramolecular Hbond substituents is 1. The topological polar surface area (TPSA) is 23.5 Å². The zero-order valence-electron chi connectivity index (χ0n) is 14.2. The van der Waals surface area contributed by atoms with Crippen molar-refractivity contribution in [1.29, 1.82) is 0 Å². The van der Waals surface area contributed by atoms with E-state index >= 15 is 0 Å². The summed E-state index contributed by atoms with van der Waals surface area (Å²) in [5.41, 5.74) is 3.67. The van der Waals surface area contributed by atoms with Gasteiger partial charge in [0.2, 0.25) is 0 Å². The van der Waals surface area contributed by atoms with Crippen LogP contribution in [0.2, 0.25) is 0 Å². The second-order valence-corrected chi connectivity index (χ2v) is 6.72. The fourth-order valence-electron chi connectivity index (χ4n) is 3.78. The zero-order chi connectivity index (χ0) is 16.2. The number of nitrogens with zero attached hydrogens (tertiary/aromatic N) is 1. The smallest absolute Gasteiger partial charge is 0.119 e. The van der Waals surface area contributed by atoms with Crippen molar-refractivity contribution < 1.29 is 5.11 Å². The Bertz CT molecular complexity index is 638. The van der Waals surface area contributed by atoms with Crippen molar-refractivity contribution in [2.45, 2.75) is 44.6 Å². The van der Waals surface area contributed by atoms with E-state index < -0.39 is 0 Å². The summed E-state index contributed by atoms with van der Waals surface area (Å²) in [6.07, 6.45) is 4.61. The van der Waals surface area contributed by atoms with Gasteiger partial charge in [0.25, 0.3) is 0 Å². The average Bonchev–Trinajstić information content (AvgIpc) is 2.99. The summed E-state index contributed by atoms with van der Waals surface area (Å²) in [6, 6.07) is 17.3. The molecule has 3 rings (SSSR count). The molecule has 0 bridgehead atoms. The molecule has 1 fully saturated rings. The van der Waals surface area contributed by atoms with Gasteiger partial charge in [-0.2, -0.15) is 0 Å². The number of likely N-dealkylation sites (tertiary alicyclic amines) is 1. The minimum Gasteiger partial charge on any atom is -0.508 e. The minimum absolute atomic E-state index is 0.258. The lowest BCUT2D eigenvalue weighted by molar-refractivity contribution is 0.287. The van der Waals surface area contributed by atoms with E-state index in [2.05, 4.69) is 55.3 Å². The molecule has 1 saturated heterocycles. The van der Waals surface area contributed by atoms with Gasteiger partial charge in [-0.25, -0.2) is 0 Å². The van der Waals surface area contributed by atoms with Gasteiger partial charge in [-0.3, -0.25) is 0 Å². The van der Waals surface area contributed by atoms with Crippen LogP contribution in [0.3, 0.4) is 0 Å². The molecule has 2 aromatic rings. The van der Waals surface area contributed by atoms with Crippen LogP contribution in [0.4, 0.5) is 0 Å². The zero-order valence-corrected chi connectivity index (χ0v) is 14.2.